The summed E-state index contributed by atoms with van der Waals surface area (Å²) >= 11 is 3.41. The quantitative estimate of drug-likeness (QED) is 0.778. The van der Waals surface area contributed by atoms with E-state index < -0.39 is 0 Å². The molecule has 1 heterocycles. The van der Waals surface area contributed by atoms with Gasteiger partial charge in [0.05, 0.1) is 19.2 Å². The van der Waals surface area contributed by atoms with Crippen molar-refractivity contribution in [3.8, 4) is 5.75 Å². The van der Waals surface area contributed by atoms with Crippen molar-refractivity contribution < 1.29 is 9.53 Å². The summed E-state index contributed by atoms with van der Waals surface area (Å²) in [6, 6.07) is 5.73. The Labute approximate surface area is 133 Å². The fourth-order valence-corrected chi connectivity index (χ4v) is 2.75. The molecule has 0 aliphatic heterocycles. The van der Waals surface area contributed by atoms with E-state index in [0.717, 1.165) is 38.2 Å². The third-order valence-corrected chi connectivity index (χ3v) is 4.07. The smallest absolute Gasteiger partial charge is 0.169 e. The number of aryl methyl sites for hydroxylation is 2. The van der Waals surface area contributed by atoms with Gasteiger partial charge in [0, 0.05) is 27.4 Å². The highest BCUT2D eigenvalue weighted by atomic mass is 79.9. The maximum atomic E-state index is 12.5. The molecular formula is C17H18BrNO2. The Hall–Kier alpha value is -1.68. The first-order chi connectivity index (χ1) is 9.93. The average Bonchev–Trinajstić information content (AvgIpc) is 2.45. The topological polar surface area (TPSA) is 39.2 Å². The Kier molecular flexibility index (Phi) is 4.78. The minimum atomic E-state index is 0.0651. The van der Waals surface area contributed by atoms with Crippen molar-refractivity contribution in [2.45, 2.75) is 27.2 Å². The summed E-state index contributed by atoms with van der Waals surface area (Å²) in [5, 5.41) is 0. The molecule has 1 aromatic heterocycles. The molecule has 0 unspecified atom stereocenters. The molecule has 0 atom stereocenters. The lowest BCUT2D eigenvalue weighted by Crippen LogP contribution is -2.09. The minimum absolute atomic E-state index is 0.0651. The van der Waals surface area contributed by atoms with Crippen LogP contribution in [0, 0.1) is 20.8 Å². The van der Waals surface area contributed by atoms with Crippen LogP contribution in [0.25, 0.3) is 0 Å². The molecule has 0 spiro atoms. The molecule has 4 heteroatoms. The second-order valence-electron chi connectivity index (χ2n) is 5.11. The second kappa shape index (κ2) is 6.39. The Morgan fingerprint density at radius 1 is 1.24 bits per heavy atom. The Bertz CT molecular complexity index is 695. The number of benzene rings is 1. The molecule has 0 amide bonds. The number of rotatable bonds is 4. The number of methoxy groups -OCH3 is 1. The number of aromatic nitrogens is 1. The first-order valence-corrected chi connectivity index (χ1v) is 7.51. The standard InChI is InChI=1S/C17H18BrNO2/c1-10-5-6-13(18)7-14(10)16(20)8-15-12(3)17(21-4)11(2)9-19-15/h5-7,9H,8H2,1-4H3. The van der Waals surface area contributed by atoms with Crippen LogP contribution in [-0.4, -0.2) is 17.9 Å². The molecule has 2 rings (SSSR count). The molecule has 110 valence electrons. The molecule has 0 bridgehead atoms. The lowest BCUT2D eigenvalue weighted by molar-refractivity contribution is 0.0991. The summed E-state index contributed by atoms with van der Waals surface area (Å²) in [5.74, 6) is 0.870. The number of hydrogen-bond acceptors (Lipinski definition) is 3. The summed E-state index contributed by atoms with van der Waals surface area (Å²) in [6.07, 6.45) is 2.03. The van der Waals surface area contributed by atoms with E-state index in [1.165, 1.54) is 0 Å². The number of Topliss-reactive ketones (excluding diaryl/α,β-unsaturated/α-hetero) is 1. The van der Waals surface area contributed by atoms with Crippen LogP contribution in [0.15, 0.2) is 28.9 Å². The first-order valence-electron chi connectivity index (χ1n) is 6.72. The van der Waals surface area contributed by atoms with Crippen LogP contribution >= 0.6 is 15.9 Å². The van der Waals surface area contributed by atoms with E-state index in [1.807, 2.05) is 39.0 Å². The van der Waals surface area contributed by atoms with Gasteiger partial charge in [-0.15, -0.1) is 0 Å². The van der Waals surface area contributed by atoms with E-state index in [2.05, 4.69) is 20.9 Å². The number of pyridine rings is 1. The summed E-state index contributed by atoms with van der Waals surface area (Å²) in [6.45, 7) is 5.83. The molecule has 0 fully saturated rings. The Balaban J connectivity index is 2.34. The zero-order valence-corrected chi connectivity index (χ0v) is 14.2. The maximum absolute atomic E-state index is 12.5. The van der Waals surface area contributed by atoms with Gasteiger partial charge in [-0.05, 0) is 38.5 Å². The minimum Gasteiger partial charge on any atom is -0.496 e. The summed E-state index contributed by atoms with van der Waals surface area (Å²) in [5.41, 5.74) is 4.37. The Morgan fingerprint density at radius 3 is 2.62 bits per heavy atom. The van der Waals surface area contributed by atoms with Crippen LogP contribution in [0.3, 0.4) is 0 Å². The second-order valence-corrected chi connectivity index (χ2v) is 6.02. The van der Waals surface area contributed by atoms with Crippen molar-refractivity contribution in [3.05, 3.63) is 56.8 Å². The van der Waals surface area contributed by atoms with Gasteiger partial charge in [-0.2, -0.15) is 0 Å². The van der Waals surface area contributed by atoms with Gasteiger partial charge in [0.25, 0.3) is 0 Å². The largest absolute Gasteiger partial charge is 0.496 e. The fourth-order valence-electron chi connectivity index (χ4n) is 2.39. The summed E-state index contributed by atoms with van der Waals surface area (Å²) in [7, 11) is 1.64. The molecule has 0 radical (unpaired) electrons. The van der Waals surface area contributed by atoms with Gasteiger partial charge in [0.2, 0.25) is 0 Å². The monoisotopic (exact) mass is 347 g/mol. The van der Waals surface area contributed by atoms with Crippen molar-refractivity contribution >= 4 is 21.7 Å². The van der Waals surface area contributed by atoms with E-state index in [1.54, 1.807) is 13.3 Å². The van der Waals surface area contributed by atoms with E-state index in [-0.39, 0.29) is 12.2 Å². The first kappa shape index (κ1) is 15.7. The normalized spacial score (nSPS) is 10.5. The number of halogens is 1. The van der Waals surface area contributed by atoms with Crippen LogP contribution in [0.4, 0.5) is 0 Å². The van der Waals surface area contributed by atoms with Crippen LogP contribution < -0.4 is 4.74 Å². The number of hydrogen-bond donors (Lipinski definition) is 0. The van der Waals surface area contributed by atoms with Crippen molar-refractivity contribution in [2.75, 3.05) is 7.11 Å². The molecule has 0 aliphatic carbocycles. The number of carbonyl (C=O) groups is 1. The van der Waals surface area contributed by atoms with Crippen molar-refractivity contribution in [2.24, 2.45) is 0 Å². The molecule has 0 aliphatic rings. The lowest BCUT2D eigenvalue weighted by atomic mass is 9.99. The molecule has 2 aromatic rings. The van der Waals surface area contributed by atoms with Gasteiger partial charge in [-0.25, -0.2) is 0 Å². The van der Waals surface area contributed by atoms with Gasteiger partial charge in [-0.3, -0.25) is 9.78 Å². The molecule has 0 saturated heterocycles. The van der Waals surface area contributed by atoms with E-state index in [9.17, 15) is 4.79 Å². The molecule has 3 nitrogen and oxygen atoms in total. The number of nitrogens with zero attached hydrogens (tertiary/aromatic N) is 1. The molecular weight excluding hydrogens is 330 g/mol. The van der Waals surface area contributed by atoms with Gasteiger partial charge >= 0.3 is 0 Å². The van der Waals surface area contributed by atoms with E-state index in [0.29, 0.717) is 0 Å². The highest BCUT2D eigenvalue weighted by molar-refractivity contribution is 9.10. The van der Waals surface area contributed by atoms with Crippen LogP contribution in [-0.2, 0) is 6.42 Å². The van der Waals surface area contributed by atoms with Gasteiger partial charge in [-0.1, -0.05) is 22.0 Å². The number of carbonyl (C=O) groups excluding carboxylic acids is 1. The van der Waals surface area contributed by atoms with Gasteiger partial charge in [0.15, 0.2) is 5.78 Å². The Morgan fingerprint density at radius 2 is 1.95 bits per heavy atom. The van der Waals surface area contributed by atoms with Crippen LogP contribution in [0.2, 0.25) is 0 Å². The van der Waals surface area contributed by atoms with Crippen molar-refractivity contribution in [1.82, 2.24) is 4.98 Å². The highest BCUT2D eigenvalue weighted by Gasteiger charge is 2.15. The fraction of sp³-hybridized carbons (Fsp3) is 0.294. The van der Waals surface area contributed by atoms with Gasteiger partial charge in [0.1, 0.15) is 5.75 Å². The predicted octanol–water partition coefficient (Wildman–Crippen LogP) is 4.20. The van der Waals surface area contributed by atoms with Crippen LogP contribution in [0.1, 0.15) is 32.7 Å². The zero-order chi connectivity index (χ0) is 15.6. The highest BCUT2D eigenvalue weighted by Crippen LogP contribution is 2.25. The van der Waals surface area contributed by atoms with Crippen LogP contribution in [0.5, 0.6) is 5.75 Å². The number of ether oxygens (including phenoxy) is 1. The summed E-state index contributed by atoms with van der Waals surface area (Å²) in [4.78, 5) is 16.9. The molecule has 1 aromatic carbocycles. The zero-order valence-electron chi connectivity index (χ0n) is 12.7. The van der Waals surface area contributed by atoms with Gasteiger partial charge < -0.3 is 4.74 Å². The summed E-state index contributed by atoms with van der Waals surface area (Å²) < 4.78 is 6.29. The lowest BCUT2D eigenvalue weighted by Gasteiger charge is -2.12. The average molecular weight is 348 g/mol. The maximum Gasteiger partial charge on any atom is 0.169 e. The third kappa shape index (κ3) is 3.32. The molecule has 0 saturated carbocycles. The third-order valence-electron chi connectivity index (χ3n) is 3.58. The van der Waals surface area contributed by atoms with E-state index >= 15 is 0 Å². The van der Waals surface area contributed by atoms with Crippen molar-refractivity contribution in [1.29, 1.82) is 0 Å². The molecule has 21 heavy (non-hydrogen) atoms. The SMILES string of the molecule is COc1c(C)cnc(CC(=O)c2cc(Br)ccc2C)c1C. The number of ketones is 1. The van der Waals surface area contributed by atoms with Crippen molar-refractivity contribution in [3.63, 3.8) is 0 Å². The van der Waals surface area contributed by atoms with E-state index in [4.69, 9.17) is 4.74 Å². The molecule has 0 N–H and O–H groups in total. The predicted molar refractivity (Wildman–Crippen MR) is 87.2 cm³/mol.